The fourth-order valence-electron chi connectivity index (χ4n) is 3.38. The molecule has 0 aromatic rings. The summed E-state index contributed by atoms with van der Waals surface area (Å²) in [6.45, 7) is 4.76. The molecule has 2 rings (SSSR count). The van der Waals surface area contributed by atoms with Crippen molar-refractivity contribution >= 4 is 0 Å². The van der Waals surface area contributed by atoms with Crippen LogP contribution in [0.2, 0.25) is 0 Å². The Balaban J connectivity index is 2.02. The minimum Gasteiger partial charge on any atom is -0.392 e. The summed E-state index contributed by atoms with van der Waals surface area (Å²) in [6.07, 6.45) is 5.16. The van der Waals surface area contributed by atoms with Crippen LogP contribution < -0.4 is 5.73 Å². The third-order valence-corrected chi connectivity index (χ3v) is 4.53. The zero-order chi connectivity index (χ0) is 10.3. The maximum atomic E-state index is 10.3. The zero-order valence-electron chi connectivity index (χ0n) is 9.37. The van der Waals surface area contributed by atoms with E-state index in [0.29, 0.717) is 12.5 Å². The first-order valence-corrected chi connectivity index (χ1v) is 5.92. The van der Waals surface area contributed by atoms with Gasteiger partial charge in [-0.3, -0.25) is 0 Å². The molecule has 0 aromatic heterocycles. The Labute approximate surface area is 86.9 Å². The second-order valence-corrected chi connectivity index (χ2v) is 5.98. The van der Waals surface area contributed by atoms with Crippen LogP contribution in [0.1, 0.15) is 39.5 Å². The third kappa shape index (κ3) is 1.59. The smallest absolute Gasteiger partial charge is 0.0634 e. The van der Waals surface area contributed by atoms with Crippen LogP contribution in [-0.2, 0) is 0 Å². The van der Waals surface area contributed by atoms with Crippen molar-refractivity contribution in [3.05, 3.63) is 0 Å². The molecule has 2 aliphatic carbocycles. The van der Waals surface area contributed by atoms with Gasteiger partial charge in [0.2, 0.25) is 0 Å². The number of hydrogen-bond donors (Lipinski definition) is 2. The lowest BCUT2D eigenvalue weighted by molar-refractivity contribution is -0.0139. The molecule has 2 nitrogen and oxygen atoms in total. The standard InChI is InChI=1S/C12H23NO/c1-12(2,7-13)11(14)10-6-8-3-4-9(10)5-8/h8-11,14H,3-7,13H2,1-2H3. The van der Waals surface area contributed by atoms with Crippen LogP contribution in [0.25, 0.3) is 0 Å². The highest BCUT2D eigenvalue weighted by molar-refractivity contribution is 4.97. The molecule has 4 unspecified atom stereocenters. The molecule has 2 bridgehead atoms. The summed E-state index contributed by atoms with van der Waals surface area (Å²) in [4.78, 5) is 0. The molecule has 2 aliphatic rings. The van der Waals surface area contributed by atoms with E-state index in [0.717, 1.165) is 11.8 Å². The maximum absolute atomic E-state index is 10.3. The molecule has 0 saturated heterocycles. The summed E-state index contributed by atoms with van der Waals surface area (Å²) in [7, 11) is 0. The van der Waals surface area contributed by atoms with Crippen molar-refractivity contribution in [3.8, 4) is 0 Å². The van der Waals surface area contributed by atoms with Crippen LogP contribution in [0.15, 0.2) is 0 Å². The Kier molecular flexibility index (Phi) is 2.61. The highest BCUT2D eigenvalue weighted by Crippen LogP contribution is 2.51. The molecule has 0 spiro atoms. The van der Waals surface area contributed by atoms with Gasteiger partial charge in [-0.05, 0) is 43.6 Å². The van der Waals surface area contributed by atoms with E-state index in [4.69, 9.17) is 5.73 Å². The lowest BCUT2D eigenvalue weighted by Gasteiger charge is -2.37. The topological polar surface area (TPSA) is 46.2 Å². The lowest BCUT2D eigenvalue weighted by atomic mass is 9.73. The van der Waals surface area contributed by atoms with Crippen LogP contribution >= 0.6 is 0 Å². The number of aliphatic hydroxyl groups is 1. The molecule has 2 saturated carbocycles. The Morgan fingerprint density at radius 1 is 1.36 bits per heavy atom. The molecule has 14 heavy (non-hydrogen) atoms. The van der Waals surface area contributed by atoms with Gasteiger partial charge in [0, 0.05) is 5.41 Å². The van der Waals surface area contributed by atoms with E-state index in [9.17, 15) is 5.11 Å². The molecular weight excluding hydrogens is 174 g/mol. The first kappa shape index (κ1) is 10.4. The Hall–Kier alpha value is -0.0800. The van der Waals surface area contributed by atoms with Gasteiger partial charge in [0.1, 0.15) is 0 Å². The van der Waals surface area contributed by atoms with E-state index in [2.05, 4.69) is 13.8 Å². The van der Waals surface area contributed by atoms with Gasteiger partial charge < -0.3 is 10.8 Å². The molecular formula is C12H23NO. The minimum atomic E-state index is -0.192. The van der Waals surface area contributed by atoms with Crippen molar-refractivity contribution in [1.29, 1.82) is 0 Å². The molecule has 0 aromatic carbocycles. The molecule has 0 radical (unpaired) electrons. The summed E-state index contributed by atoms with van der Waals surface area (Å²) >= 11 is 0. The van der Waals surface area contributed by atoms with E-state index >= 15 is 0 Å². The van der Waals surface area contributed by atoms with Crippen molar-refractivity contribution in [2.75, 3.05) is 6.54 Å². The Morgan fingerprint density at radius 3 is 2.50 bits per heavy atom. The number of nitrogens with two attached hydrogens (primary N) is 1. The summed E-state index contributed by atoms with van der Waals surface area (Å²) in [6, 6.07) is 0. The van der Waals surface area contributed by atoms with Gasteiger partial charge >= 0.3 is 0 Å². The molecule has 0 amide bonds. The van der Waals surface area contributed by atoms with Crippen molar-refractivity contribution in [2.24, 2.45) is 28.9 Å². The minimum absolute atomic E-state index is 0.102. The second kappa shape index (κ2) is 3.49. The normalized spacial score (nSPS) is 39.0. The molecule has 2 fully saturated rings. The monoisotopic (exact) mass is 197 g/mol. The van der Waals surface area contributed by atoms with Crippen LogP contribution in [0.3, 0.4) is 0 Å². The summed E-state index contributed by atoms with van der Waals surface area (Å²) in [5.74, 6) is 2.24. The van der Waals surface area contributed by atoms with Crippen molar-refractivity contribution in [1.82, 2.24) is 0 Å². The predicted molar refractivity (Wildman–Crippen MR) is 57.8 cm³/mol. The lowest BCUT2D eigenvalue weighted by Crippen LogP contribution is -2.43. The van der Waals surface area contributed by atoms with Gasteiger partial charge in [-0.1, -0.05) is 20.3 Å². The quantitative estimate of drug-likeness (QED) is 0.724. The largest absolute Gasteiger partial charge is 0.392 e. The Morgan fingerprint density at radius 2 is 2.07 bits per heavy atom. The number of fused-ring (bicyclic) bond motifs is 2. The van der Waals surface area contributed by atoms with Crippen LogP contribution in [0.5, 0.6) is 0 Å². The van der Waals surface area contributed by atoms with Crippen molar-refractivity contribution in [2.45, 2.75) is 45.6 Å². The maximum Gasteiger partial charge on any atom is 0.0634 e. The Bertz CT molecular complexity index is 214. The number of rotatable bonds is 3. The second-order valence-electron chi connectivity index (χ2n) is 5.98. The average molecular weight is 197 g/mol. The molecule has 0 aliphatic heterocycles. The van der Waals surface area contributed by atoms with Crippen molar-refractivity contribution < 1.29 is 5.11 Å². The van der Waals surface area contributed by atoms with Gasteiger partial charge in [-0.25, -0.2) is 0 Å². The highest BCUT2D eigenvalue weighted by atomic mass is 16.3. The first-order valence-electron chi connectivity index (χ1n) is 5.92. The van der Waals surface area contributed by atoms with Gasteiger partial charge in [0.15, 0.2) is 0 Å². The molecule has 2 heteroatoms. The van der Waals surface area contributed by atoms with E-state index in [1.807, 2.05) is 0 Å². The predicted octanol–water partition coefficient (Wildman–Crippen LogP) is 1.77. The van der Waals surface area contributed by atoms with Crippen LogP contribution in [-0.4, -0.2) is 17.8 Å². The van der Waals surface area contributed by atoms with Gasteiger partial charge in [0.25, 0.3) is 0 Å². The third-order valence-electron chi connectivity index (χ3n) is 4.53. The molecule has 82 valence electrons. The fraction of sp³-hybridized carbons (Fsp3) is 1.00. The molecule has 4 atom stereocenters. The summed E-state index contributed by atoms with van der Waals surface area (Å²) in [5.41, 5.74) is 5.61. The van der Waals surface area contributed by atoms with Gasteiger partial charge in [0.05, 0.1) is 6.10 Å². The number of aliphatic hydroxyl groups excluding tert-OH is 1. The van der Waals surface area contributed by atoms with Gasteiger partial charge in [-0.15, -0.1) is 0 Å². The van der Waals surface area contributed by atoms with E-state index in [-0.39, 0.29) is 11.5 Å². The fourth-order valence-corrected chi connectivity index (χ4v) is 3.38. The molecule has 0 heterocycles. The SMILES string of the molecule is CC(C)(CN)C(O)C1CC2CCC1C2. The van der Waals surface area contributed by atoms with Gasteiger partial charge in [-0.2, -0.15) is 0 Å². The van der Waals surface area contributed by atoms with Crippen LogP contribution in [0, 0.1) is 23.2 Å². The highest BCUT2D eigenvalue weighted by Gasteiger charge is 2.46. The molecule has 3 N–H and O–H groups in total. The van der Waals surface area contributed by atoms with E-state index in [1.165, 1.54) is 25.7 Å². The van der Waals surface area contributed by atoms with E-state index < -0.39 is 0 Å². The summed E-state index contributed by atoms with van der Waals surface area (Å²) < 4.78 is 0. The van der Waals surface area contributed by atoms with E-state index in [1.54, 1.807) is 0 Å². The average Bonchev–Trinajstić information content (AvgIpc) is 2.77. The van der Waals surface area contributed by atoms with Crippen molar-refractivity contribution in [3.63, 3.8) is 0 Å². The first-order chi connectivity index (χ1) is 6.54. The van der Waals surface area contributed by atoms with Crippen LogP contribution in [0.4, 0.5) is 0 Å². The zero-order valence-corrected chi connectivity index (χ0v) is 9.37. The summed E-state index contributed by atoms with van der Waals surface area (Å²) in [5, 5.41) is 10.3. The number of hydrogen-bond acceptors (Lipinski definition) is 2.